The summed E-state index contributed by atoms with van der Waals surface area (Å²) in [6.07, 6.45) is -0.178. The Labute approximate surface area is 185 Å². The van der Waals surface area contributed by atoms with Crippen molar-refractivity contribution in [3.63, 3.8) is 0 Å². The molecule has 1 unspecified atom stereocenters. The molecule has 9 nitrogen and oxygen atoms in total. The molecule has 31 heavy (non-hydrogen) atoms. The number of methoxy groups -OCH3 is 3. The Morgan fingerprint density at radius 2 is 1.77 bits per heavy atom. The van der Waals surface area contributed by atoms with E-state index in [1.807, 2.05) is 6.07 Å². The molecule has 0 radical (unpaired) electrons. The molecule has 166 valence electrons. The Balaban J connectivity index is 2.05. The van der Waals surface area contributed by atoms with Gasteiger partial charge in [0.1, 0.15) is 6.04 Å². The third-order valence-electron chi connectivity index (χ3n) is 4.21. The number of amides is 1. The molecule has 1 amide bonds. The molecule has 0 aromatic heterocycles. The van der Waals surface area contributed by atoms with Crippen molar-refractivity contribution in [2.75, 3.05) is 27.9 Å². The van der Waals surface area contributed by atoms with Crippen molar-refractivity contribution in [3.8, 4) is 23.3 Å². The average molecular weight is 468 g/mol. The van der Waals surface area contributed by atoms with E-state index in [1.54, 1.807) is 18.2 Å². The highest BCUT2D eigenvalue weighted by molar-refractivity contribution is 7.89. The first-order valence-electron chi connectivity index (χ1n) is 8.99. The van der Waals surface area contributed by atoms with E-state index in [1.165, 1.54) is 39.5 Å². The van der Waals surface area contributed by atoms with Crippen LogP contribution in [0.2, 0.25) is 5.02 Å². The van der Waals surface area contributed by atoms with Crippen LogP contribution in [0.15, 0.2) is 41.3 Å². The summed E-state index contributed by atoms with van der Waals surface area (Å²) < 4.78 is 42.6. The Kier molecular flexibility index (Phi) is 8.50. The largest absolute Gasteiger partial charge is 0.493 e. The number of nitrogens with zero attached hydrogens (tertiary/aromatic N) is 1. The van der Waals surface area contributed by atoms with Crippen LogP contribution in [0.25, 0.3) is 0 Å². The highest BCUT2D eigenvalue weighted by Gasteiger charge is 2.21. The van der Waals surface area contributed by atoms with E-state index in [-0.39, 0.29) is 22.9 Å². The molecular weight excluding hydrogens is 446 g/mol. The lowest BCUT2D eigenvalue weighted by Crippen LogP contribution is -2.32. The van der Waals surface area contributed by atoms with E-state index < -0.39 is 22.0 Å². The third-order valence-corrected chi connectivity index (χ3v) is 5.90. The van der Waals surface area contributed by atoms with Gasteiger partial charge in [0.2, 0.25) is 21.7 Å². The molecule has 0 fully saturated rings. The number of rotatable bonds is 10. The van der Waals surface area contributed by atoms with Gasteiger partial charge in [-0.3, -0.25) is 4.79 Å². The van der Waals surface area contributed by atoms with E-state index in [0.717, 1.165) is 0 Å². The maximum Gasteiger partial charge on any atom is 0.240 e. The van der Waals surface area contributed by atoms with Gasteiger partial charge in [0.25, 0.3) is 0 Å². The molecule has 0 aliphatic carbocycles. The molecule has 11 heteroatoms. The van der Waals surface area contributed by atoms with E-state index in [9.17, 15) is 18.5 Å². The van der Waals surface area contributed by atoms with Crippen LogP contribution in [0.3, 0.4) is 0 Å². The second-order valence-corrected chi connectivity index (χ2v) is 8.40. The first-order valence-corrected chi connectivity index (χ1v) is 10.9. The van der Waals surface area contributed by atoms with Gasteiger partial charge in [-0.2, -0.15) is 5.26 Å². The fourth-order valence-electron chi connectivity index (χ4n) is 2.71. The first kappa shape index (κ1) is 24.3. The van der Waals surface area contributed by atoms with E-state index >= 15 is 0 Å². The molecule has 0 heterocycles. The molecule has 0 aliphatic rings. The van der Waals surface area contributed by atoms with Crippen LogP contribution in [-0.4, -0.2) is 42.2 Å². The Morgan fingerprint density at radius 3 is 2.29 bits per heavy atom. The molecule has 0 bridgehead atoms. The Hall–Kier alpha value is -3.00. The summed E-state index contributed by atoms with van der Waals surface area (Å²) in [4.78, 5) is 12.3. The fourth-order valence-corrected chi connectivity index (χ4v) is 4.04. The topological polar surface area (TPSA) is 127 Å². The number of ether oxygens (including phenoxy) is 3. The van der Waals surface area contributed by atoms with Crippen LogP contribution in [0.5, 0.6) is 17.2 Å². The van der Waals surface area contributed by atoms with Crippen LogP contribution in [-0.2, 0) is 14.8 Å². The summed E-state index contributed by atoms with van der Waals surface area (Å²) in [5, 5.41) is 12.3. The van der Waals surface area contributed by atoms with E-state index in [4.69, 9.17) is 25.8 Å². The second kappa shape index (κ2) is 10.9. The number of carbonyl (C=O) groups is 1. The average Bonchev–Trinajstić information content (AvgIpc) is 2.76. The summed E-state index contributed by atoms with van der Waals surface area (Å²) in [6, 6.07) is 9.85. The number of hydrogen-bond donors (Lipinski definition) is 2. The Morgan fingerprint density at radius 1 is 1.13 bits per heavy atom. The lowest BCUT2D eigenvalue weighted by molar-refractivity contribution is -0.121. The third kappa shape index (κ3) is 6.24. The molecule has 2 N–H and O–H groups in total. The zero-order valence-corrected chi connectivity index (χ0v) is 18.7. The summed E-state index contributed by atoms with van der Waals surface area (Å²) >= 11 is 5.82. The van der Waals surface area contributed by atoms with Crippen LogP contribution >= 0.6 is 11.6 Å². The van der Waals surface area contributed by atoms with Gasteiger partial charge < -0.3 is 19.5 Å². The minimum absolute atomic E-state index is 0.00673. The smallest absolute Gasteiger partial charge is 0.240 e. The molecule has 2 rings (SSSR count). The second-order valence-electron chi connectivity index (χ2n) is 6.19. The SMILES string of the molecule is COc1cc(C(C#N)NC(=O)CCNS(=O)(=O)c2cccc(Cl)c2)cc(OC)c1OC. The molecule has 0 aliphatic heterocycles. The van der Waals surface area contributed by atoms with Gasteiger partial charge in [-0.1, -0.05) is 17.7 Å². The van der Waals surface area contributed by atoms with Crippen LogP contribution < -0.4 is 24.2 Å². The summed E-state index contributed by atoms with van der Waals surface area (Å²) in [7, 11) is 0.511. The molecule has 0 saturated carbocycles. The van der Waals surface area contributed by atoms with Crippen molar-refractivity contribution in [1.29, 1.82) is 5.26 Å². The zero-order valence-electron chi connectivity index (χ0n) is 17.1. The van der Waals surface area contributed by atoms with Gasteiger partial charge in [0.05, 0.1) is 32.3 Å². The summed E-state index contributed by atoms with van der Waals surface area (Å²) in [5.41, 5.74) is 0.421. The van der Waals surface area contributed by atoms with Gasteiger partial charge in [-0.05, 0) is 35.9 Å². The van der Waals surface area contributed by atoms with E-state index in [2.05, 4.69) is 10.0 Å². The summed E-state index contributed by atoms with van der Waals surface area (Å²) in [5.74, 6) is 0.502. The number of nitrogens with one attached hydrogen (secondary N) is 2. The predicted octanol–water partition coefficient (Wildman–Crippen LogP) is 2.42. The van der Waals surface area contributed by atoms with Crippen molar-refractivity contribution < 1.29 is 27.4 Å². The van der Waals surface area contributed by atoms with Crippen molar-refractivity contribution in [2.24, 2.45) is 0 Å². The van der Waals surface area contributed by atoms with Crippen molar-refractivity contribution in [3.05, 3.63) is 47.0 Å². The number of benzene rings is 2. The Bertz CT molecular complexity index is 1060. The van der Waals surface area contributed by atoms with Crippen LogP contribution in [0.1, 0.15) is 18.0 Å². The predicted molar refractivity (Wildman–Crippen MR) is 114 cm³/mol. The van der Waals surface area contributed by atoms with Crippen molar-refractivity contribution >= 4 is 27.5 Å². The van der Waals surface area contributed by atoms with Crippen LogP contribution in [0.4, 0.5) is 0 Å². The number of hydrogen-bond acceptors (Lipinski definition) is 7. The van der Waals surface area contributed by atoms with Gasteiger partial charge in [-0.15, -0.1) is 0 Å². The van der Waals surface area contributed by atoms with Gasteiger partial charge in [-0.25, -0.2) is 13.1 Å². The number of nitriles is 1. The highest BCUT2D eigenvalue weighted by Crippen LogP contribution is 2.39. The monoisotopic (exact) mass is 467 g/mol. The lowest BCUT2D eigenvalue weighted by atomic mass is 10.1. The minimum atomic E-state index is -3.82. The van der Waals surface area contributed by atoms with Gasteiger partial charge >= 0.3 is 0 Å². The fraction of sp³-hybridized carbons (Fsp3) is 0.300. The maximum absolute atomic E-state index is 12.3. The molecular formula is C20H22ClN3O6S. The summed E-state index contributed by atoms with van der Waals surface area (Å²) in [6.45, 7) is -0.159. The first-order chi connectivity index (χ1) is 14.7. The number of carbonyl (C=O) groups excluding carboxylic acids is 1. The quantitative estimate of drug-likeness (QED) is 0.549. The number of sulfonamides is 1. The van der Waals surface area contributed by atoms with E-state index in [0.29, 0.717) is 22.8 Å². The minimum Gasteiger partial charge on any atom is -0.493 e. The molecule has 2 aromatic carbocycles. The van der Waals surface area contributed by atoms with Crippen molar-refractivity contribution in [1.82, 2.24) is 10.0 Å². The molecule has 0 saturated heterocycles. The maximum atomic E-state index is 12.3. The zero-order chi connectivity index (χ0) is 23.0. The molecule has 2 aromatic rings. The highest BCUT2D eigenvalue weighted by atomic mass is 35.5. The standard InChI is InChI=1S/C20H22ClN3O6S/c1-28-17-9-13(10-18(29-2)20(17)30-3)16(12-22)24-19(25)7-8-23-31(26,27)15-6-4-5-14(21)11-15/h4-6,9-11,16,23H,7-8H2,1-3H3,(H,24,25). The number of halogens is 1. The van der Waals surface area contributed by atoms with Gasteiger partial charge in [0.15, 0.2) is 11.5 Å². The van der Waals surface area contributed by atoms with Gasteiger partial charge in [0, 0.05) is 18.0 Å². The van der Waals surface area contributed by atoms with Crippen LogP contribution in [0, 0.1) is 11.3 Å². The molecule has 1 atom stereocenters. The molecule has 0 spiro atoms. The normalized spacial score (nSPS) is 11.8. The lowest BCUT2D eigenvalue weighted by Gasteiger charge is -2.17. The van der Waals surface area contributed by atoms with Crippen molar-refractivity contribution in [2.45, 2.75) is 17.4 Å².